The highest BCUT2D eigenvalue weighted by molar-refractivity contribution is 5.64. The summed E-state index contributed by atoms with van der Waals surface area (Å²) in [5, 5.41) is 13.4. The molecule has 0 amide bonds. The van der Waals surface area contributed by atoms with Crippen LogP contribution in [0.1, 0.15) is 31.0 Å². The lowest BCUT2D eigenvalue weighted by atomic mass is 10.2. The number of rotatable bonds is 2. The van der Waals surface area contributed by atoms with E-state index in [1.807, 2.05) is 11.6 Å². The second-order valence-corrected chi connectivity index (χ2v) is 5.96. The van der Waals surface area contributed by atoms with Gasteiger partial charge < -0.3 is 10.2 Å². The summed E-state index contributed by atoms with van der Waals surface area (Å²) >= 11 is 0. The van der Waals surface area contributed by atoms with Crippen molar-refractivity contribution in [2.45, 2.75) is 38.3 Å². The van der Waals surface area contributed by atoms with Gasteiger partial charge in [-0.3, -0.25) is 14.5 Å². The van der Waals surface area contributed by atoms with Crippen molar-refractivity contribution in [3.63, 3.8) is 0 Å². The zero-order valence-corrected chi connectivity index (χ0v) is 12.7. The first-order valence-corrected chi connectivity index (χ1v) is 7.72. The number of nitrogens with one attached hydrogen (secondary N) is 1. The maximum Gasteiger partial charge on any atom is 0.284 e. The third-order valence-corrected chi connectivity index (χ3v) is 4.46. The molecule has 3 aliphatic rings. The molecule has 7 heteroatoms. The normalized spacial score (nSPS) is 21.1. The van der Waals surface area contributed by atoms with Crippen LogP contribution in [0.3, 0.4) is 0 Å². The fraction of sp³-hybridized carbons (Fsp3) is 0.375. The van der Waals surface area contributed by atoms with Gasteiger partial charge in [0.05, 0.1) is 12.1 Å². The molecule has 1 saturated carbocycles. The minimum Gasteiger partial charge on any atom is -0.391 e. The standard InChI is InChI=1S/C16H17N5O2/c1-9-13-15(21(20-9)11-3-2-4-12(11)22)18-14(19-16(13)23)10-5-7-17-8-6-10/h5-8,11-12,20,22H,2-4H2,1H3. The fourth-order valence-electron chi connectivity index (χ4n) is 3.31. The van der Waals surface area contributed by atoms with Crippen molar-refractivity contribution in [1.29, 1.82) is 0 Å². The lowest BCUT2D eigenvalue weighted by molar-refractivity contribution is 0.130. The summed E-state index contributed by atoms with van der Waals surface area (Å²) < 4.78 is 1.83. The van der Waals surface area contributed by atoms with E-state index >= 15 is 0 Å². The zero-order valence-electron chi connectivity index (χ0n) is 12.7. The summed E-state index contributed by atoms with van der Waals surface area (Å²) in [6, 6.07) is 3.47. The zero-order chi connectivity index (χ0) is 16.0. The van der Waals surface area contributed by atoms with E-state index in [0.717, 1.165) is 30.5 Å². The molecule has 2 atom stereocenters. The highest BCUT2D eigenvalue weighted by Crippen LogP contribution is 2.34. The first kappa shape index (κ1) is 14.1. The van der Waals surface area contributed by atoms with Crippen LogP contribution in [0.15, 0.2) is 29.3 Å². The van der Waals surface area contributed by atoms with E-state index < -0.39 is 6.10 Å². The molecule has 118 valence electrons. The number of aromatic amines is 1. The van der Waals surface area contributed by atoms with Crippen LogP contribution in [0.2, 0.25) is 0 Å². The fourth-order valence-corrected chi connectivity index (χ4v) is 3.31. The molecule has 2 aliphatic heterocycles. The van der Waals surface area contributed by atoms with Crippen molar-refractivity contribution in [3.8, 4) is 22.8 Å². The summed E-state index contributed by atoms with van der Waals surface area (Å²) in [5.41, 5.74) is 1.66. The Bertz CT molecular complexity index is 870. The number of aliphatic hydroxyl groups excluding tert-OH is 1. The molecule has 2 unspecified atom stereocenters. The third-order valence-electron chi connectivity index (χ3n) is 4.46. The highest BCUT2D eigenvalue weighted by atomic mass is 16.3. The van der Waals surface area contributed by atoms with E-state index in [-0.39, 0.29) is 11.6 Å². The van der Waals surface area contributed by atoms with Crippen LogP contribution >= 0.6 is 0 Å². The Morgan fingerprint density at radius 2 is 2.04 bits per heavy atom. The average molecular weight is 311 g/mol. The SMILES string of the molecule is Cc1[nH]n(C2CCCC2O)c2nc(-c3ccncc3)nc(=O)c1-2. The number of pyridine rings is 1. The summed E-state index contributed by atoms with van der Waals surface area (Å²) in [5.74, 6) is 0.936. The van der Waals surface area contributed by atoms with Gasteiger partial charge in [0.1, 0.15) is 5.56 Å². The molecule has 0 aromatic carbocycles. The molecule has 0 spiro atoms. The molecule has 7 nitrogen and oxygen atoms in total. The number of hydrogen-bond acceptors (Lipinski definition) is 5. The Hall–Kier alpha value is -2.54. The van der Waals surface area contributed by atoms with Crippen LogP contribution in [0.5, 0.6) is 0 Å². The van der Waals surface area contributed by atoms with E-state index in [0.29, 0.717) is 17.2 Å². The van der Waals surface area contributed by atoms with Gasteiger partial charge in [-0.2, -0.15) is 4.98 Å². The topological polar surface area (TPSA) is 96.7 Å². The second-order valence-electron chi connectivity index (χ2n) is 5.96. The Labute approximate surface area is 132 Å². The smallest absolute Gasteiger partial charge is 0.284 e. The van der Waals surface area contributed by atoms with E-state index in [4.69, 9.17) is 0 Å². The van der Waals surface area contributed by atoms with Gasteiger partial charge in [-0.25, -0.2) is 4.98 Å². The predicted molar refractivity (Wildman–Crippen MR) is 84.1 cm³/mol. The minimum atomic E-state index is -0.421. The molecule has 1 aliphatic carbocycles. The van der Waals surface area contributed by atoms with Crippen LogP contribution in [0.25, 0.3) is 22.8 Å². The van der Waals surface area contributed by atoms with Crippen LogP contribution in [0, 0.1) is 6.92 Å². The minimum absolute atomic E-state index is 0.0780. The Morgan fingerprint density at radius 3 is 2.74 bits per heavy atom. The Balaban J connectivity index is 1.92. The molecule has 0 radical (unpaired) electrons. The summed E-state index contributed by atoms with van der Waals surface area (Å²) in [4.78, 5) is 25.1. The second kappa shape index (κ2) is 5.27. The Kier molecular flexibility index (Phi) is 3.23. The van der Waals surface area contributed by atoms with Crippen molar-refractivity contribution in [1.82, 2.24) is 24.7 Å². The quantitative estimate of drug-likeness (QED) is 0.748. The van der Waals surface area contributed by atoms with Gasteiger partial charge in [0, 0.05) is 23.7 Å². The van der Waals surface area contributed by atoms with Gasteiger partial charge in [-0.05, 0) is 38.3 Å². The summed E-state index contributed by atoms with van der Waals surface area (Å²) in [7, 11) is 0. The van der Waals surface area contributed by atoms with Crippen molar-refractivity contribution >= 4 is 0 Å². The maximum absolute atomic E-state index is 12.4. The van der Waals surface area contributed by atoms with Crippen LogP contribution in [-0.4, -0.2) is 35.9 Å². The first-order valence-electron chi connectivity index (χ1n) is 7.72. The number of aliphatic hydroxyl groups is 1. The first-order chi connectivity index (χ1) is 11.1. The van der Waals surface area contributed by atoms with Gasteiger partial charge in [0.15, 0.2) is 11.6 Å². The monoisotopic (exact) mass is 311 g/mol. The van der Waals surface area contributed by atoms with E-state index in [2.05, 4.69) is 20.1 Å². The molecule has 1 fully saturated rings. The van der Waals surface area contributed by atoms with Crippen molar-refractivity contribution < 1.29 is 5.11 Å². The molecular formula is C16H17N5O2. The molecule has 2 N–H and O–H groups in total. The number of fused-ring (bicyclic) bond motifs is 1. The lowest BCUT2D eigenvalue weighted by Gasteiger charge is -2.18. The number of aryl methyl sites for hydroxylation is 1. The van der Waals surface area contributed by atoms with Crippen molar-refractivity contribution in [3.05, 3.63) is 40.6 Å². The van der Waals surface area contributed by atoms with E-state index in [1.165, 1.54) is 0 Å². The van der Waals surface area contributed by atoms with E-state index in [9.17, 15) is 9.90 Å². The van der Waals surface area contributed by atoms with Gasteiger partial charge in [0.25, 0.3) is 5.56 Å². The molecule has 4 rings (SSSR count). The average Bonchev–Trinajstić information content (AvgIpc) is 3.11. The van der Waals surface area contributed by atoms with Crippen LogP contribution < -0.4 is 5.56 Å². The van der Waals surface area contributed by atoms with Gasteiger partial charge in [0.2, 0.25) is 0 Å². The van der Waals surface area contributed by atoms with Gasteiger partial charge >= 0.3 is 0 Å². The molecule has 0 saturated heterocycles. The molecule has 1 aromatic heterocycles. The molecule has 1 aromatic rings. The predicted octanol–water partition coefficient (Wildman–Crippen LogP) is 1.53. The van der Waals surface area contributed by atoms with Crippen molar-refractivity contribution in [2.24, 2.45) is 0 Å². The number of H-pyrrole nitrogens is 1. The molecule has 0 bridgehead atoms. The lowest BCUT2D eigenvalue weighted by Crippen LogP contribution is -2.22. The van der Waals surface area contributed by atoms with Gasteiger partial charge in [-0.1, -0.05) is 0 Å². The van der Waals surface area contributed by atoms with Gasteiger partial charge in [-0.15, -0.1) is 0 Å². The number of aromatic nitrogens is 5. The summed E-state index contributed by atoms with van der Waals surface area (Å²) in [6.07, 6.45) is 5.46. The molecule has 23 heavy (non-hydrogen) atoms. The molecule has 3 heterocycles. The third kappa shape index (κ3) is 2.24. The summed E-state index contributed by atoms with van der Waals surface area (Å²) in [6.45, 7) is 1.83. The van der Waals surface area contributed by atoms with Crippen LogP contribution in [-0.2, 0) is 0 Å². The van der Waals surface area contributed by atoms with Crippen LogP contribution in [0.4, 0.5) is 0 Å². The maximum atomic E-state index is 12.4. The Morgan fingerprint density at radius 1 is 1.26 bits per heavy atom. The highest BCUT2D eigenvalue weighted by Gasteiger charge is 2.32. The number of nitrogens with zero attached hydrogens (tertiary/aromatic N) is 4. The van der Waals surface area contributed by atoms with Crippen molar-refractivity contribution in [2.75, 3.05) is 0 Å². The largest absolute Gasteiger partial charge is 0.391 e. The van der Waals surface area contributed by atoms with E-state index in [1.54, 1.807) is 24.5 Å². The molecular weight excluding hydrogens is 294 g/mol. The number of hydrogen-bond donors (Lipinski definition) is 2.